The summed E-state index contributed by atoms with van der Waals surface area (Å²) in [5.74, 6) is 0.822. The number of hydrogen-bond acceptors (Lipinski definition) is 2. The topological polar surface area (TPSA) is 29.9 Å². The minimum absolute atomic E-state index is 0.822. The molecular formula is C15H28BrN3. The Morgan fingerprint density at radius 3 is 2.58 bits per heavy atom. The Kier molecular flexibility index (Phi) is 7.69. The zero-order valence-electron chi connectivity index (χ0n) is 12.8. The Labute approximate surface area is 126 Å². The van der Waals surface area contributed by atoms with E-state index < -0.39 is 0 Å². The van der Waals surface area contributed by atoms with Crippen molar-refractivity contribution >= 4 is 15.9 Å². The first-order chi connectivity index (χ1) is 9.10. The van der Waals surface area contributed by atoms with Crippen LogP contribution in [0.1, 0.15) is 58.3 Å². The SMILES string of the molecule is CCc1nn(CC)c(CNCCCCC(C)C)c1Br. The van der Waals surface area contributed by atoms with Gasteiger partial charge in [-0.3, -0.25) is 4.68 Å². The number of unbranched alkanes of at least 4 members (excludes halogenated alkanes) is 1. The monoisotopic (exact) mass is 329 g/mol. The Balaban J connectivity index is 2.38. The summed E-state index contributed by atoms with van der Waals surface area (Å²) in [7, 11) is 0. The van der Waals surface area contributed by atoms with Crippen molar-refractivity contribution in [2.24, 2.45) is 5.92 Å². The smallest absolute Gasteiger partial charge is 0.0767 e. The van der Waals surface area contributed by atoms with Crippen molar-refractivity contribution in [3.05, 3.63) is 15.9 Å². The van der Waals surface area contributed by atoms with Crippen LogP contribution in [-0.4, -0.2) is 16.3 Å². The zero-order chi connectivity index (χ0) is 14.3. The molecule has 0 unspecified atom stereocenters. The minimum Gasteiger partial charge on any atom is -0.311 e. The average molecular weight is 330 g/mol. The first-order valence-corrected chi connectivity index (χ1v) is 8.34. The van der Waals surface area contributed by atoms with E-state index in [4.69, 9.17) is 0 Å². The van der Waals surface area contributed by atoms with Crippen LogP contribution in [0, 0.1) is 5.92 Å². The van der Waals surface area contributed by atoms with E-state index in [2.05, 4.69) is 58.7 Å². The van der Waals surface area contributed by atoms with E-state index in [1.165, 1.54) is 35.1 Å². The van der Waals surface area contributed by atoms with E-state index in [0.717, 1.165) is 32.0 Å². The van der Waals surface area contributed by atoms with Crippen molar-refractivity contribution in [1.29, 1.82) is 0 Å². The van der Waals surface area contributed by atoms with Crippen LogP contribution >= 0.6 is 15.9 Å². The maximum absolute atomic E-state index is 4.61. The first kappa shape index (κ1) is 16.7. The first-order valence-electron chi connectivity index (χ1n) is 7.54. The highest BCUT2D eigenvalue weighted by atomic mass is 79.9. The molecular weight excluding hydrogens is 302 g/mol. The van der Waals surface area contributed by atoms with Gasteiger partial charge in [-0.2, -0.15) is 5.10 Å². The molecule has 0 aromatic carbocycles. The number of rotatable bonds is 9. The van der Waals surface area contributed by atoms with Crippen molar-refractivity contribution in [2.75, 3.05) is 6.54 Å². The van der Waals surface area contributed by atoms with Gasteiger partial charge in [0.2, 0.25) is 0 Å². The van der Waals surface area contributed by atoms with Crippen molar-refractivity contribution in [2.45, 2.75) is 66.5 Å². The fourth-order valence-electron chi connectivity index (χ4n) is 2.20. The minimum atomic E-state index is 0.822. The average Bonchev–Trinajstić information content (AvgIpc) is 2.69. The van der Waals surface area contributed by atoms with Crippen molar-refractivity contribution in [3.63, 3.8) is 0 Å². The second-order valence-corrected chi connectivity index (χ2v) is 6.24. The highest BCUT2D eigenvalue weighted by molar-refractivity contribution is 9.10. The van der Waals surface area contributed by atoms with E-state index in [1.54, 1.807) is 0 Å². The van der Waals surface area contributed by atoms with Gasteiger partial charge in [0.1, 0.15) is 0 Å². The second kappa shape index (κ2) is 8.75. The number of hydrogen-bond donors (Lipinski definition) is 1. The summed E-state index contributed by atoms with van der Waals surface area (Å²) in [6.07, 6.45) is 4.89. The number of halogens is 1. The van der Waals surface area contributed by atoms with Crippen LogP contribution in [0.2, 0.25) is 0 Å². The van der Waals surface area contributed by atoms with Gasteiger partial charge in [-0.05, 0) is 48.2 Å². The standard InChI is InChI=1S/C15H28BrN3/c1-5-13-15(16)14(19(6-2)18-13)11-17-10-8-7-9-12(3)4/h12,17H,5-11H2,1-4H3. The normalized spacial score (nSPS) is 11.5. The summed E-state index contributed by atoms with van der Waals surface area (Å²) in [6, 6.07) is 0. The molecule has 0 aliphatic carbocycles. The summed E-state index contributed by atoms with van der Waals surface area (Å²) in [6.45, 7) is 11.8. The Bertz CT molecular complexity index is 372. The van der Waals surface area contributed by atoms with E-state index >= 15 is 0 Å². The van der Waals surface area contributed by atoms with Crippen molar-refractivity contribution < 1.29 is 0 Å². The molecule has 0 radical (unpaired) electrons. The van der Waals surface area contributed by atoms with Gasteiger partial charge >= 0.3 is 0 Å². The molecule has 1 N–H and O–H groups in total. The molecule has 0 amide bonds. The molecule has 110 valence electrons. The van der Waals surface area contributed by atoms with Gasteiger partial charge in [-0.25, -0.2) is 0 Å². The third-order valence-electron chi connectivity index (χ3n) is 3.37. The maximum Gasteiger partial charge on any atom is 0.0767 e. The largest absolute Gasteiger partial charge is 0.311 e. The predicted octanol–water partition coefficient (Wildman–Crippen LogP) is 4.14. The van der Waals surface area contributed by atoms with Crippen LogP contribution < -0.4 is 5.32 Å². The Hall–Kier alpha value is -0.350. The third-order valence-corrected chi connectivity index (χ3v) is 4.29. The molecule has 0 aliphatic rings. The van der Waals surface area contributed by atoms with Crippen molar-refractivity contribution in [3.8, 4) is 0 Å². The molecule has 0 fully saturated rings. The highest BCUT2D eigenvalue weighted by Crippen LogP contribution is 2.22. The van der Waals surface area contributed by atoms with E-state index in [1.807, 2.05) is 0 Å². The fourth-order valence-corrected chi connectivity index (χ4v) is 2.90. The maximum atomic E-state index is 4.61. The molecule has 0 saturated heterocycles. The van der Waals surface area contributed by atoms with Gasteiger partial charge in [0.25, 0.3) is 0 Å². The van der Waals surface area contributed by atoms with Crippen LogP contribution in [0.5, 0.6) is 0 Å². The van der Waals surface area contributed by atoms with Gasteiger partial charge in [0.05, 0.1) is 15.9 Å². The molecule has 0 spiro atoms. The second-order valence-electron chi connectivity index (χ2n) is 5.44. The summed E-state index contributed by atoms with van der Waals surface area (Å²) in [5, 5.41) is 8.15. The molecule has 0 aliphatic heterocycles. The van der Waals surface area contributed by atoms with Gasteiger partial charge in [-0.1, -0.05) is 33.6 Å². The van der Waals surface area contributed by atoms with Crippen LogP contribution in [0.15, 0.2) is 4.47 Å². The number of aryl methyl sites for hydroxylation is 2. The van der Waals surface area contributed by atoms with Gasteiger partial charge < -0.3 is 5.32 Å². The van der Waals surface area contributed by atoms with E-state index in [0.29, 0.717) is 0 Å². The molecule has 1 rings (SSSR count). The summed E-state index contributed by atoms with van der Waals surface area (Å²) in [4.78, 5) is 0. The molecule has 3 nitrogen and oxygen atoms in total. The molecule has 1 heterocycles. The van der Waals surface area contributed by atoms with Crippen LogP contribution in [0.25, 0.3) is 0 Å². The molecule has 1 aromatic rings. The predicted molar refractivity (Wildman–Crippen MR) is 85.4 cm³/mol. The molecule has 4 heteroatoms. The number of aromatic nitrogens is 2. The number of nitrogens with zero attached hydrogens (tertiary/aromatic N) is 2. The lowest BCUT2D eigenvalue weighted by Crippen LogP contribution is -2.18. The summed E-state index contributed by atoms with van der Waals surface area (Å²) < 4.78 is 3.29. The lowest BCUT2D eigenvalue weighted by Gasteiger charge is -2.08. The molecule has 0 bridgehead atoms. The molecule has 0 saturated carbocycles. The molecule has 1 aromatic heterocycles. The Morgan fingerprint density at radius 1 is 1.26 bits per heavy atom. The van der Waals surface area contributed by atoms with Crippen LogP contribution in [-0.2, 0) is 19.5 Å². The Morgan fingerprint density at radius 2 is 2.00 bits per heavy atom. The lowest BCUT2D eigenvalue weighted by atomic mass is 10.1. The third kappa shape index (κ3) is 5.27. The fraction of sp³-hybridized carbons (Fsp3) is 0.800. The van der Waals surface area contributed by atoms with Gasteiger partial charge in [-0.15, -0.1) is 0 Å². The van der Waals surface area contributed by atoms with Gasteiger partial charge in [0, 0.05) is 13.1 Å². The van der Waals surface area contributed by atoms with Crippen LogP contribution in [0.3, 0.4) is 0 Å². The quantitative estimate of drug-likeness (QED) is 0.690. The van der Waals surface area contributed by atoms with Crippen molar-refractivity contribution in [1.82, 2.24) is 15.1 Å². The van der Waals surface area contributed by atoms with E-state index in [-0.39, 0.29) is 0 Å². The van der Waals surface area contributed by atoms with E-state index in [9.17, 15) is 0 Å². The molecule has 0 atom stereocenters. The lowest BCUT2D eigenvalue weighted by molar-refractivity contribution is 0.512. The zero-order valence-corrected chi connectivity index (χ0v) is 14.4. The molecule has 19 heavy (non-hydrogen) atoms. The summed E-state index contributed by atoms with van der Waals surface area (Å²) >= 11 is 3.68. The van der Waals surface area contributed by atoms with Gasteiger partial charge in [0.15, 0.2) is 0 Å². The van der Waals surface area contributed by atoms with Crippen LogP contribution in [0.4, 0.5) is 0 Å². The summed E-state index contributed by atoms with van der Waals surface area (Å²) in [5.41, 5.74) is 2.45. The highest BCUT2D eigenvalue weighted by Gasteiger charge is 2.12. The number of nitrogens with one attached hydrogen (secondary N) is 1.